The van der Waals surface area contributed by atoms with Crippen LogP contribution in [0.4, 0.5) is 0 Å². The highest BCUT2D eigenvalue weighted by Gasteiger charge is 2.26. The van der Waals surface area contributed by atoms with Crippen molar-refractivity contribution in [2.75, 3.05) is 47.5 Å². The Labute approximate surface area is 225 Å². The fourth-order valence-corrected chi connectivity index (χ4v) is 5.34. The molecule has 0 bridgehead atoms. The van der Waals surface area contributed by atoms with Crippen molar-refractivity contribution in [3.05, 3.63) is 89.1 Å². The van der Waals surface area contributed by atoms with Gasteiger partial charge in [-0.3, -0.25) is 4.79 Å². The van der Waals surface area contributed by atoms with Crippen molar-refractivity contribution < 1.29 is 19.0 Å². The van der Waals surface area contributed by atoms with Crippen LogP contribution in [0.15, 0.2) is 72.5 Å². The van der Waals surface area contributed by atoms with Crippen LogP contribution in [-0.4, -0.2) is 63.2 Å². The molecule has 3 aromatic rings. The number of amides is 1. The summed E-state index contributed by atoms with van der Waals surface area (Å²) in [4.78, 5) is 17.5. The number of nitrogens with zero attached hydrogens (tertiary/aromatic N) is 2. The summed E-state index contributed by atoms with van der Waals surface area (Å²) in [6, 6.07) is 16.6. The molecule has 0 radical (unpaired) electrons. The molecule has 0 atom stereocenters. The molecule has 0 N–H and O–H groups in total. The number of hydrogen-bond donors (Lipinski definition) is 0. The molecule has 38 heavy (non-hydrogen) atoms. The van der Waals surface area contributed by atoms with E-state index in [1.807, 2.05) is 23.1 Å². The summed E-state index contributed by atoms with van der Waals surface area (Å²) in [5.74, 6) is 2.24. The SMILES string of the molecule is COc1ccc2cc(CCN3C=C(CCCN4CCc5cc(OC)c(OC)cc5C4=O)C=CC3)ccc2c1. The lowest BCUT2D eigenvalue weighted by molar-refractivity contribution is 0.0737. The van der Waals surface area contributed by atoms with Crippen LogP contribution in [0.25, 0.3) is 10.8 Å². The van der Waals surface area contributed by atoms with E-state index in [1.165, 1.54) is 21.9 Å². The smallest absolute Gasteiger partial charge is 0.254 e. The Balaban J connectivity index is 1.14. The van der Waals surface area contributed by atoms with E-state index in [-0.39, 0.29) is 5.91 Å². The Bertz CT molecular complexity index is 1380. The minimum absolute atomic E-state index is 0.0795. The van der Waals surface area contributed by atoms with Gasteiger partial charge in [0.2, 0.25) is 0 Å². The highest BCUT2D eigenvalue weighted by Crippen LogP contribution is 2.33. The molecule has 0 saturated heterocycles. The molecule has 6 nitrogen and oxygen atoms in total. The molecule has 0 spiro atoms. The van der Waals surface area contributed by atoms with Gasteiger partial charge < -0.3 is 24.0 Å². The fourth-order valence-electron chi connectivity index (χ4n) is 5.34. The number of rotatable bonds is 10. The monoisotopic (exact) mass is 512 g/mol. The molecule has 1 amide bonds. The molecule has 6 heteroatoms. The van der Waals surface area contributed by atoms with Crippen LogP contribution >= 0.6 is 0 Å². The maximum Gasteiger partial charge on any atom is 0.254 e. The summed E-state index contributed by atoms with van der Waals surface area (Å²) in [6.45, 7) is 3.39. The minimum atomic E-state index is 0.0795. The third kappa shape index (κ3) is 5.64. The second-order valence-corrected chi connectivity index (χ2v) is 9.91. The van der Waals surface area contributed by atoms with Crippen LogP contribution in [-0.2, 0) is 12.8 Å². The zero-order valence-corrected chi connectivity index (χ0v) is 22.5. The Morgan fingerprint density at radius 3 is 2.45 bits per heavy atom. The van der Waals surface area contributed by atoms with Crippen LogP contribution in [0.1, 0.15) is 34.3 Å². The second-order valence-electron chi connectivity index (χ2n) is 9.91. The number of allylic oxidation sites excluding steroid dienone is 2. The van der Waals surface area contributed by atoms with Crippen LogP contribution in [0.3, 0.4) is 0 Å². The summed E-state index contributed by atoms with van der Waals surface area (Å²) >= 11 is 0. The number of benzene rings is 3. The van der Waals surface area contributed by atoms with E-state index < -0.39 is 0 Å². The standard InChI is InChI=1S/C32H36N2O4/c1-36-28-11-10-25-18-23(8-9-26(25)19-28)12-16-33-14-4-6-24(22-33)7-5-15-34-17-13-27-20-30(37-2)31(38-3)21-29(27)32(34)35/h4,6,8-11,18-22H,5,7,12-17H2,1-3H3. The first-order chi connectivity index (χ1) is 18.6. The van der Waals surface area contributed by atoms with Gasteiger partial charge in [-0.1, -0.05) is 36.4 Å². The molecule has 0 saturated carbocycles. The Morgan fingerprint density at radius 2 is 1.63 bits per heavy atom. The van der Waals surface area contributed by atoms with Crippen molar-refractivity contribution in [3.63, 3.8) is 0 Å². The number of carbonyl (C=O) groups is 1. The Hall–Kier alpha value is -3.93. The van der Waals surface area contributed by atoms with Gasteiger partial charge in [0.1, 0.15) is 5.75 Å². The minimum Gasteiger partial charge on any atom is -0.497 e. The first-order valence-electron chi connectivity index (χ1n) is 13.3. The quantitative estimate of drug-likeness (QED) is 0.352. The fraction of sp³-hybridized carbons (Fsp3) is 0.344. The molecule has 2 heterocycles. The predicted octanol–water partition coefficient (Wildman–Crippen LogP) is 5.64. The van der Waals surface area contributed by atoms with Gasteiger partial charge in [-0.15, -0.1) is 0 Å². The first kappa shape index (κ1) is 25.7. The Morgan fingerprint density at radius 1 is 0.842 bits per heavy atom. The van der Waals surface area contributed by atoms with Gasteiger partial charge in [0.25, 0.3) is 5.91 Å². The van der Waals surface area contributed by atoms with Crippen molar-refractivity contribution in [1.29, 1.82) is 0 Å². The maximum absolute atomic E-state index is 13.1. The van der Waals surface area contributed by atoms with E-state index >= 15 is 0 Å². The van der Waals surface area contributed by atoms with Crippen LogP contribution in [0.5, 0.6) is 17.2 Å². The number of carbonyl (C=O) groups excluding carboxylic acids is 1. The maximum atomic E-state index is 13.1. The van der Waals surface area contributed by atoms with Gasteiger partial charge in [0.15, 0.2) is 11.5 Å². The summed E-state index contributed by atoms with van der Waals surface area (Å²) < 4.78 is 16.2. The average molecular weight is 513 g/mol. The topological polar surface area (TPSA) is 51.2 Å². The summed E-state index contributed by atoms with van der Waals surface area (Å²) in [5, 5.41) is 2.44. The van der Waals surface area contributed by atoms with E-state index in [0.717, 1.165) is 68.7 Å². The first-order valence-corrected chi connectivity index (χ1v) is 13.3. The number of fused-ring (bicyclic) bond motifs is 2. The molecule has 0 unspecified atom stereocenters. The van der Waals surface area contributed by atoms with Crippen LogP contribution < -0.4 is 14.2 Å². The molecule has 2 aliphatic rings. The van der Waals surface area contributed by atoms with Crippen molar-refractivity contribution in [2.45, 2.75) is 25.7 Å². The number of methoxy groups -OCH3 is 3. The third-order valence-electron chi connectivity index (χ3n) is 7.49. The lowest BCUT2D eigenvalue weighted by Gasteiger charge is -2.29. The van der Waals surface area contributed by atoms with Crippen molar-refractivity contribution in [3.8, 4) is 17.2 Å². The largest absolute Gasteiger partial charge is 0.497 e. The van der Waals surface area contributed by atoms with E-state index in [4.69, 9.17) is 14.2 Å². The molecule has 0 aliphatic carbocycles. The van der Waals surface area contributed by atoms with Crippen molar-refractivity contribution in [2.24, 2.45) is 0 Å². The molecular weight excluding hydrogens is 476 g/mol. The molecule has 2 aliphatic heterocycles. The highest BCUT2D eigenvalue weighted by atomic mass is 16.5. The van der Waals surface area contributed by atoms with E-state index in [1.54, 1.807) is 21.3 Å². The number of hydrogen-bond acceptors (Lipinski definition) is 5. The van der Waals surface area contributed by atoms with E-state index in [9.17, 15) is 4.79 Å². The molecule has 0 fully saturated rings. The van der Waals surface area contributed by atoms with Gasteiger partial charge >= 0.3 is 0 Å². The highest BCUT2D eigenvalue weighted by molar-refractivity contribution is 5.97. The normalized spacial score (nSPS) is 14.9. The molecular formula is C32H36N2O4. The van der Waals surface area contributed by atoms with Gasteiger partial charge in [-0.05, 0) is 77.4 Å². The molecule has 5 rings (SSSR count). The molecule has 3 aromatic carbocycles. The molecule has 0 aromatic heterocycles. The summed E-state index contributed by atoms with van der Waals surface area (Å²) in [5.41, 5.74) is 4.41. The van der Waals surface area contributed by atoms with Crippen LogP contribution in [0, 0.1) is 0 Å². The van der Waals surface area contributed by atoms with Gasteiger partial charge in [0.05, 0.1) is 21.3 Å². The van der Waals surface area contributed by atoms with Crippen LogP contribution in [0.2, 0.25) is 0 Å². The van der Waals surface area contributed by atoms with Gasteiger partial charge in [0, 0.05) is 37.9 Å². The van der Waals surface area contributed by atoms with Crippen molar-refractivity contribution >= 4 is 16.7 Å². The summed E-state index contributed by atoms with van der Waals surface area (Å²) in [7, 11) is 4.92. The zero-order chi connectivity index (χ0) is 26.5. The Kier molecular flexibility index (Phi) is 7.87. The summed E-state index contributed by atoms with van der Waals surface area (Å²) in [6.07, 6.45) is 10.5. The predicted molar refractivity (Wildman–Crippen MR) is 151 cm³/mol. The van der Waals surface area contributed by atoms with Gasteiger partial charge in [-0.25, -0.2) is 0 Å². The van der Waals surface area contributed by atoms with Crippen molar-refractivity contribution in [1.82, 2.24) is 9.80 Å². The number of ether oxygens (including phenoxy) is 3. The third-order valence-corrected chi connectivity index (χ3v) is 7.49. The van der Waals surface area contributed by atoms with Gasteiger partial charge in [-0.2, -0.15) is 0 Å². The van der Waals surface area contributed by atoms with E-state index in [0.29, 0.717) is 11.5 Å². The lowest BCUT2D eigenvalue weighted by atomic mass is 9.97. The average Bonchev–Trinajstić information content (AvgIpc) is 2.96. The van der Waals surface area contributed by atoms with E-state index in [2.05, 4.69) is 53.6 Å². The second kappa shape index (κ2) is 11.6. The lowest BCUT2D eigenvalue weighted by Crippen LogP contribution is -2.38. The molecule has 198 valence electrons. The zero-order valence-electron chi connectivity index (χ0n) is 22.5.